The molecule has 0 atom stereocenters. The molecule has 0 aliphatic rings. The van der Waals surface area contributed by atoms with Crippen LogP contribution in [0.2, 0.25) is 10.3 Å². The van der Waals surface area contributed by atoms with Gasteiger partial charge in [-0.3, -0.25) is 4.72 Å². The quantitative estimate of drug-likeness (QED) is 0.829. The standard InChI is InChI=1S/C8H8Cl2F3N3O2S/c1-4-2-5(9)15-7(10)6(4)16-19(17,18)14-3-8(11,12)13/h2,14,16H,3H2,1H3. The molecule has 0 fully saturated rings. The van der Waals surface area contributed by atoms with Gasteiger partial charge in [0.2, 0.25) is 0 Å². The second-order valence-electron chi connectivity index (χ2n) is 3.47. The summed E-state index contributed by atoms with van der Waals surface area (Å²) in [6.45, 7) is -0.221. The molecule has 0 aliphatic carbocycles. The zero-order chi connectivity index (χ0) is 14.8. The molecule has 19 heavy (non-hydrogen) atoms. The summed E-state index contributed by atoms with van der Waals surface area (Å²) in [5.74, 6) is 0. The molecule has 1 aromatic rings. The number of rotatable bonds is 4. The van der Waals surface area contributed by atoms with E-state index in [0.717, 1.165) is 0 Å². The minimum absolute atomic E-state index is 0.0358. The molecule has 2 N–H and O–H groups in total. The fourth-order valence-corrected chi connectivity index (χ4v) is 2.65. The van der Waals surface area contributed by atoms with E-state index in [0.29, 0.717) is 5.56 Å². The normalized spacial score (nSPS) is 12.5. The first-order valence-corrected chi connectivity index (χ1v) is 6.91. The van der Waals surface area contributed by atoms with E-state index in [1.807, 2.05) is 4.72 Å². The first-order valence-electron chi connectivity index (χ1n) is 4.67. The first kappa shape index (κ1) is 16.3. The number of aromatic nitrogens is 1. The summed E-state index contributed by atoms with van der Waals surface area (Å²) in [5.41, 5.74) is 0.183. The third kappa shape index (κ3) is 5.39. The maximum absolute atomic E-state index is 11.9. The monoisotopic (exact) mass is 337 g/mol. The number of nitrogens with one attached hydrogen (secondary N) is 2. The Balaban J connectivity index is 2.90. The van der Waals surface area contributed by atoms with E-state index >= 15 is 0 Å². The molecular weight excluding hydrogens is 330 g/mol. The second-order valence-corrected chi connectivity index (χ2v) is 5.71. The fraction of sp³-hybridized carbons (Fsp3) is 0.375. The molecule has 0 spiro atoms. The van der Waals surface area contributed by atoms with Crippen LogP contribution >= 0.6 is 23.2 Å². The Kier molecular flexibility index (Phi) is 4.88. The predicted octanol–water partition coefficient (Wildman–Crippen LogP) is 2.51. The van der Waals surface area contributed by atoms with E-state index in [9.17, 15) is 21.6 Å². The smallest absolute Gasteiger partial charge is 0.268 e. The Bertz CT molecular complexity index is 554. The predicted molar refractivity (Wildman–Crippen MR) is 65.6 cm³/mol. The first-order chi connectivity index (χ1) is 8.50. The van der Waals surface area contributed by atoms with Gasteiger partial charge in [-0.25, -0.2) is 4.98 Å². The summed E-state index contributed by atoms with van der Waals surface area (Å²) in [5, 5.41) is -0.226. The van der Waals surface area contributed by atoms with Gasteiger partial charge in [-0.2, -0.15) is 26.3 Å². The third-order valence-corrected chi connectivity index (χ3v) is 3.30. The molecule has 1 rings (SSSR count). The maximum atomic E-state index is 11.9. The lowest BCUT2D eigenvalue weighted by molar-refractivity contribution is -0.121. The van der Waals surface area contributed by atoms with Gasteiger partial charge >= 0.3 is 6.18 Å². The van der Waals surface area contributed by atoms with Crippen molar-refractivity contribution in [3.8, 4) is 0 Å². The minimum atomic E-state index is -4.66. The number of aryl methyl sites for hydroxylation is 1. The van der Waals surface area contributed by atoms with Crippen LogP contribution in [0.15, 0.2) is 6.07 Å². The summed E-state index contributed by atoms with van der Waals surface area (Å²) in [4.78, 5) is 3.58. The highest BCUT2D eigenvalue weighted by Crippen LogP contribution is 2.27. The molecule has 5 nitrogen and oxygen atoms in total. The summed E-state index contributed by atoms with van der Waals surface area (Å²) < 4.78 is 61.8. The topological polar surface area (TPSA) is 71.1 Å². The highest BCUT2D eigenvalue weighted by atomic mass is 35.5. The minimum Gasteiger partial charge on any atom is -0.268 e. The van der Waals surface area contributed by atoms with Crippen LogP contribution in [0, 0.1) is 6.92 Å². The summed E-state index contributed by atoms with van der Waals surface area (Å²) in [6, 6.07) is 1.31. The SMILES string of the molecule is Cc1cc(Cl)nc(Cl)c1NS(=O)(=O)NCC(F)(F)F. The highest BCUT2D eigenvalue weighted by Gasteiger charge is 2.29. The average molecular weight is 338 g/mol. The van der Waals surface area contributed by atoms with E-state index in [2.05, 4.69) is 4.98 Å². The van der Waals surface area contributed by atoms with Gasteiger partial charge in [0.15, 0.2) is 5.15 Å². The van der Waals surface area contributed by atoms with Crippen LogP contribution in [0.4, 0.5) is 18.9 Å². The van der Waals surface area contributed by atoms with Crippen molar-refractivity contribution in [1.82, 2.24) is 9.71 Å². The molecule has 0 bridgehead atoms. The van der Waals surface area contributed by atoms with Crippen LogP contribution in [0.3, 0.4) is 0 Å². The van der Waals surface area contributed by atoms with Gasteiger partial charge in [0, 0.05) is 0 Å². The zero-order valence-corrected chi connectivity index (χ0v) is 11.7. The molecule has 0 unspecified atom stereocenters. The number of alkyl halides is 3. The lowest BCUT2D eigenvalue weighted by Gasteiger charge is -2.13. The number of hydrogen-bond acceptors (Lipinski definition) is 3. The lowest BCUT2D eigenvalue weighted by atomic mass is 10.3. The summed E-state index contributed by atoms with van der Waals surface area (Å²) in [7, 11) is -4.41. The molecule has 0 radical (unpaired) electrons. The van der Waals surface area contributed by atoms with Crippen LogP contribution in [-0.2, 0) is 10.2 Å². The van der Waals surface area contributed by atoms with E-state index < -0.39 is 22.9 Å². The van der Waals surface area contributed by atoms with Crippen molar-refractivity contribution < 1.29 is 21.6 Å². The molecule has 0 saturated carbocycles. The van der Waals surface area contributed by atoms with E-state index in [4.69, 9.17) is 23.2 Å². The van der Waals surface area contributed by atoms with Gasteiger partial charge in [0.25, 0.3) is 10.2 Å². The number of anilines is 1. The summed E-state index contributed by atoms with van der Waals surface area (Å²) in [6.07, 6.45) is -4.66. The Morgan fingerprint density at radius 3 is 2.42 bits per heavy atom. The molecular formula is C8H8Cl2F3N3O2S. The van der Waals surface area contributed by atoms with Crippen molar-refractivity contribution >= 4 is 39.1 Å². The Morgan fingerprint density at radius 1 is 1.37 bits per heavy atom. The van der Waals surface area contributed by atoms with Crippen molar-refractivity contribution in [1.29, 1.82) is 0 Å². The number of halogens is 5. The van der Waals surface area contributed by atoms with E-state index in [-0.39, 0.29) is 16.0 Å². The van der Waals surface area contributed by atoms with Crippen molar-refractivity contribution in [2.24, 2.45) is 0 Å². The van der Waals surface area contributed by atoms with Crippen molar-refractivity contribution in [2.45, 2.75) is 13.1 Å². The van der Waals surface area contributed by atoms with Crippen LogP contribution in [0.25, 0.3) is 0 Å². The zero-order valence-electron chi connectivity index (χ0n) is 9.35. The number of nitrogens with zero attached hydrogens (tertiary/aromatic N) is 1. The summed E-state index contributed by atoms with van der Waals surface area (Å²) >= 11 is 11.2. The van der Waals surface area contributed by atoms with Crippen LogP contribution in [-0.4, -0.2) is 26.1 Å². The van der Waals surface area contributed by atoms with Crippen molar-refractivity contribution in [2.75, 3.05) is 11.3 Å². The van der Waals surface area contributed by atoms with Gasteiger partial charge in [-0.1, -0.05) is 23.2 Å². The third-order valence-electron chi connectivity index (χ3n) is 1.84. The molecule has 1 heterocycles. The maximum Gasteiger partial charge on any atom is 0.402 e. The molecule has 0 aliphatic heterocycles. The number of hydrogen-bond donors (Lipinski definition) is 2. The van der Waals surface area contributed by atoms with Crippen molar-refractivity contribution in [3.05, 3.63) is 21.9 Å². The molecule has 11 heteroatoms. The van der Waals surface area contributed by atoms with Crippen LogP contribution in [0.5, 0.6) is 0 Å². The van der Waals surface area contributed by atoms with Crippen molar-refractivity contribution in [3.63, 3.8) is 0 Å². The Hall–Kier alpha value is -0.770. The fourth-order valence-electron chi connectivity index (χ4n) is 1.07. The second kappa shape index (κ2) is 5.70. The highest BCUT2D eigenvalue weighted by molar-refractivity contribution is 7.90. The van der Waals surface area contributed by atoms with Gasteiger partial charge in [0.05, 0.1) is 5.69 Å². The van der Waals surface area contributed by atoms with Gasteiger partial charge in [-0.05, 0) is 18.6 Å². The largest absolute Gasteiger partial charge is 0.402 e. The average Bonchev–Trinajstić information content (AvgIpc) is 2.20. The van der Waals surface area contributed by atoms with Crippen LogP contribution < -0.4 is 9.44 Å². The Labute approximate surface area is 117 Å². The van der Waals surface area contributed by atoms with Gasteiger partial charge in [-0.15, -0.1) is 0 Å². The Morgan fingerprint density at radius 2 is 1.95 bits per heavy atom. The van der Waals surface area contributed by atoms with Gasteiger partial charge in [0.1, 0.15) is 11.7 Å². The molecule has 0 amide bonds. The van der Waals surface area contributed by atoms with E-state index in [1.165, 1.54) is 17.7 Å². The molecule has 0 saturated heterocycles. The number of pyridine rings is 1. The van der Waals surface area contributed by atoms with Crippen LogP contribution in [0.1, 0.15) is 5.56 Å². The molecule has 108 valence electrons. The molecule has 1 aromatic heterocycles. The van der Waals surface area contributed by atoms with Gasteiger partial charge < -0.3 is 0 Å². The van der Waals surface area contributed by atoms with E-state index in [1.54, 1.807) is 0 Å². The lowest BCUT2D eigenvalue weighted by Crippen LogP contribution is -2.37. The molecule has 0 aromatic carbocycles.